The van der Waals surface area contributed by atoms with Gasteiger partial charge in [0.2, 0.25) is 0 Å². The second kappa shape index (κ2) is 27.4. The summed E-state index contributed by atoms with van der Waals surface area (Å²) < 4.78 is 5.23. The number of aromatic nitrogens is 2. The van der Waals surface area contributed by atoms with Crippen LogP contribution in [0.3, 0.4) is 0 Å². The smallest absolute Gasteiger partial charge is 0.252 e. The number of benzene rings is 13. The number of hydrogen-bond acceptors (Lipinski definition) is 2. The van der Waals surface area contributed by atoms with E-state index in [1.807, 2.05) is 0 Å². The molecule has 0 radical (unpaired) electrons. The Labute approximate surface area is 641 Å². The number of unbranched alkanes of at least 4 members (excludes halogenated alkanes) is 2. The molecule has 0 saturated carbocycles. The number of fused-ring (bicyclic) bond motifs is 10. The van der Waals surface area contributed by atoms with Crippen LogP contribution in [0, 0.1) is 0 Å². The van der Waals surface area contributed by atoms with Gasteiger partial charge in [0, 0.05) is 92.5 Å². The Hall–Kier alpha value is -10.9. The number of anilines is 4. The lowest BCUT2D eigenvalue weighted by molar-refractivity contribution is 0.590. The first-order valence-corrected chi connectivity index (χ1v) is 39.6. The maximum Gasteiger partial charge on any atom is 0.252 e. The van der Waals surface area contributed by atoms with Gasteiger partial charge in [0.15, 0.2) is 0 Å². The van der Waals surface area contributed by atoms with Crippen LogP contribution in [0.1, 0.15) is 159 Å². The van der Waals surface area contributed by atoms with Crippen molar-refractivity contribution in [1.82, 2.24) is 9.13 Å². The van der Waals surface area contributed by atoms with Crippen molar-refractivity contribution < 1.29 is 0 Å². The first kappa shape index (κ1) is 70.1. The van der Waals surface area contributed by atoms with Crippen molar-refractivity contribution in [3.05, 3.63) is 329 Å². The van der Waals surface area contributed by atoms with Gasteiger partial charge in [-0.25, -0.2) is 0 Å². The van der Waals surface area contributed by atoms with Gasteiger partial charge in [-0.3, -0.25) is 0 Å². The third kappa shape index (κ3) is 12.8. The van der Waals surface area contributed by atoms with Crippen LogP contribution >= 0.6 is 0 Å². The Balaban J connectivity index is 0.933. The van der Waals surface area contributed by atoms with Gasteiger partial charge >= 0.3 is 0 Å². The van der Waals surface area contributed by atoms with Crippen molar-refractivity contribution in [3.63, 3.8) is 0 Å². The second-order valence-electron chi connectivity index (χ2n) is 35.1. The van der Waals surface area contributed by atoms with Crippen molar-refractivity contribution in [2.45, 2.75) is 164 Å². The van der Waals surface area contributed by atoms with Gasteiger partial charge in [0.05, 0.1) is 0 Å². The van der Waals surface area contributed by atoms with Gasteiger partial charge in [-0.2, -0.15) is 0 Å². The molecule has 13 aromatic carbocycles. The first-order chi connectivity index (χ1) is 52.0. The predicted molar refractivity (Wildman–Crippen MR) is 465 cm³/mol. The Bertz CT molecular complexity index is 5310. The minimum absolute atomic E-state index is 0.00825. The molecule has 2 aliphatic heterocycles. The first-order valence-electron chi connectivity index (χ1n) is 39.6. The molecule has 0 bridgehead atoms. The summed E-state index contributed by atoms with van der Waals surface area (Å²) in [7, 11) is 0. The molecule has 2 aromatic heterocycles. The standard InChI is InChI=1S/C103H101BN4/c1-14-15-20-31-68-56-97-99-98(57-68)108(67-88-81(73-36-25-18-26-37-73)42-30-43-82(88)74-38-27-19-28-39-74)96-59-70(65-106-93-54-48-77(102(8,9)10)62-85(93)86-63-78(103(11,12)13)49-55-94(86)106)45-51-90(96)104(99)89-50-44-69(64-105-91-52-46-75(100(2,3)4)60-83(91)84-61-76(101(5,6)7)47-53-92(84)105)58-95(89)107(97)66-87-79(71-32-21-16-22-33-71)40-29-41-80(87)72-34-23-17-24-35-72/h16-19,21-30,32-63H,14-15,20,31,64-67H2,1-13H3. The average Bonchev–Trinajstić information content (AvgIpc) is 0.926. The van der Waals surface area contributed by atoms with Gasteiger partial charge in [-0.1, -0.05) is 309 Å². The molecule has 536 valence electrons. The lowest BCUT2D eigenvalue weighted by atomic mass is 9.33. The highest BCUT2D eigenvalue weighted by Crippen LogP contribution is 2.47. The van der Waals surface area contributed by atoms with Crippen LogP contribution in [0.5, 0.6) is 0 Å². The summed E-state index contributed by atoms with van der Waals surface area (Å²) in [6.45, 7) is 33.0. The Morgan fingerprint density at radius 3 is 0.880 bits per heavy atom. The molecular weight excluding hydrogens is 1300 g/mol. The summed E-state index contributed by atoms with van der Waals surface area (Å²) in [6, 6.07) is 108. The highest BCUT2D eigenvalue weighted by Gasteiger charge is 2.44. The van der Waals surface area contributed by atoms with Crippen LogP contribution in [0.25, 0.3) is 88.1 Å². The van der Waals surface area contributed by atoms with Crippen LogP contribution in [-0.2, 0) is 54.3 Å². The zero-order valence-electron chi connectivity index (χ0n) is 65.6. The van der Waals surface area contributed by atoms with Crippen molar-refractivity contribution in [2.24, 2.45) is 0 Å². The molecule has 0 N–H and O–H groups in total. The number of aryl methyl sites for hydroxylation is 1. The highest BCUT2D eigenvalue weighted by molar-refractivity contribution is 7.00. The molecule has 15 aromatic rings. The monoisotopic (exact) mass is 1400 g/mol. The van der Waals surface area contributed by atoms with Crippen LogP contribution in [0.15, 0.2) is 279 Å². The maximum absolute atomic E-state index is 2.78. The van der Waals surface area contributed by atoms with E-state index in [2.05, 4.69) is 388 Å². The summed E-state index contributed by atoms with van der Waals surface area (Å²) in [5, 5.41) is 5.27. The van der Waals surface area contributed by atoms with E-state index in [9.17, 15) is 0 Å². The molecule has 0 unspecified atom stereocenters. The van der Waals surface area contributed by atoms with E-state index >= 15 is 0 Å². The third-order valence-electron chi connectivity index (χ3n) is 23.7. The van der Waals surface area contributed by atoms with Crippen molar-refractivity contribution >= 4 is 89.5 Å². The lowest BCUT2D eigenvalue weighted by Crippen LogP contribution is -2.62. The second-order valence-corrected chi connectivity index (χ2v) is 35.1. The molecule has 0 amide bonds. The van der Waals surface area contributed by atoms with Crippen LogP contribution in [0.4, 0.5) is 22.7 Å². The molecule has 108 heavy (non-hydrogen) atoms. The largest absolute Gasteiger partial charge is 0.338 e. The summed E-state index contributed by atoms with van der Waals surface area (Å²) >= 11 is 0. The van der Waals surface area contributed by atoms with Gasteiger partial charge in [0.1, 0.15) is 0 Å². The van der Waals surface area contributed by atoms with Gasteiger partial charge in [0.25, 0.3) is 6.71 Å². The summed E-state index contributed by atoms with van der Waals surface area (Å²) in [6.07, 6.45) is 4.37. The van der Waals surface area contributed by atoms with E-state index < -0.39 is 0 Å². The average molecular weight is 1410 g/mol. The van der Waals surface area contributed by atoms with Crippen molar-refractivity contribution in [2.75, 3.05) is 9.80 Å². The molecule has 2 aliphatic rings. The van der Waals surface area contributed by atoms with Crippen LogP contribution in [0.2, 0.25) is 0 Å². The van der Waals surface area contributed by atoms with E-state index in [0.29, 0.717) is 26.2 Å². The summed E-state index contributed by atoms with van der Waals surface area (Å²) in [4.78, 5) is 5.57. The molecule has 0 spiro atoms. The quantitative estimate of drug-likeness (QED) is 0.0708. The van der Waals surface area contributed by atoms with E-state index in [4.69, 9.17) is 0 Å². The van der Waals surface area contributed by atoms with Crippen molar-refractivity contribution in [1.29, 1.82) is 0 Å². The highest BCUT2D eigenvalue weighted by atomic mass is 15.2. The molecule has 0 fully saturated rings. The fourth-order valence-electron chi connectivity index (χ4n) is 17.7. The predicted octanol–water partition coefficient (Wildman–Crippen LogP) is 25.4. The third-order valence-corrected chi connectivity index (χ3v) is 23.7. The minimum atomic E-state index is -0.101. The van der Waals surface area contributed by atoms with E-state index in [1.54, 1.807) is 0 Å². The number of hydrogen-bond donors (Lipinski definition) is 0. The molecule has 4 nitrogen and oxygen atoms in total. The lowest BCUT2D eigenvalue weighted by Gasteiger charge is -2.45. The molecule has 0 atom stereocenters. The Kier molecular flexibility index (Phi) is 17.8. The number of nitrogens with zero attached hydrogens (tertiary/aromatic N) is 4. The van der Waals surface area contributed by atoms with Gasteiger partial charge in [-0.05, 0) is 218 Å². The molecule has 5 heteroatoms. The SMILES string of the molecule is CCCCCc1cc2c3c(c1)N(Cc1c(-c4ccccc4)cccc1-c1ccccc1)c1cc(Cn4c5ccc(C(C)(C)C)cc5c5cc(C(C)(C)C)ccc54)ccc1B3c1ccc(Cn3c4ccc(C(C)(C)C)cc4c4cc(C(C)(C)C)ccc43)cc1N2Cc1c(-c2ccccc2)cccc1-c1ccccc1. The van der Waals surface area contributed by atoms with Gasteiger partial charge < -0.3 is 18.9 Å². The molecule has 0 aliphatic carbocycles. The molecule has 17 rings (SSSR count). The van der Waals surface area contributed by atoms with E-state index in [0.717, 1.165) is 25.7 Å². The Morgan fingerprint density at radius 1 is 0.278 bits per heavy atom. The fourth-order valence-corrected chi connectivity index (χ4v) is 17.7. The number of rotatable bonds is 16. The normalized spacial score (nSPS) is 13.1. The zero-order chi connectivity index (χ0) is 74.5. The van der Waals surface area contributed by atoms with Gasteiger partial charge in [-0.15, -0.1) is 0 Å². The van der Waals surface area contributed by atoms with E-state index in [1.165, 1.54) is 177 Å². The topological polar surface area (TPSA) is 16.3 Å². The summed E-state index contributed by atoms with van der Waals surface area (Å²) in [5.74, 6) is 0. The molecule has 4 heterocycles. The Morgan fingerprint density at radius 2 is 0.583 bits per heavy atom. The fraction of sp³-hybridized carbons (Fsp3) is 0.243. The van der Waals surface area contributed by atoms with Crippen LogP contribution in [-0.4, -0.2) is 15.8 Å². The molecular formula is C103H101BN4. The van der Waals surface area contributed by atoms with Crippen LogP contribution < -0.4 is 26.2 Å². The molecule has 0 saturated heterocycles. The zero-order valence-corrected chi connectivity index (χ0v) is 65.6. The van der Waals surface area contributed by atoms with Crippen molar-refractivity contribution in [3.8, 4) is 44.5 Å². The van der Waals surface area contributed by atoms with E-state index in [-0.39, 0.29) is 28.4 Å². The summed E-state index contributed by atoms with van der Waals surface area (Å²) in [5.41, 5.74) is 35.9. The minimum Gasteiger partial charge on any atom is -0.338 e. The maximum atomic E-state index is 2.78.